The van der Waals surface area contributed by atoms with Gasteiger partial charge in [0.05, 0.1) is 0 Å². The van der Waals surface area contributed by atoms with Gasteiger partial charge in [0, 0.05) is 18.3 Å². The predicted molar refractivity (Wildman–Crippen MR) is 68.5 cm³/mol. The molecule has 0 radical (unpaired) electrons. The third kappa shape index (κ3) is 4.82. The lowest BCUT2D eigenvalue weighted by Crippen LogP contribution is -2.27. The first kappa shape index (κ1) is 13.4. The molecule has 0 unspecified atom stereocenters. The van der Waals surface area contributed by atoms with Gasteiger partial charge in [-0.25, -0.2) is 10.8 Å². The van der Waals surface area contributed by atoms with Crippen LogP contribution in [-0.4, -0.2) is 17.4 Å². The Morgan fingerprint density at radius 3 is 2.76 bits per heavy atom. The summed E-state index contributed by atoms with van der Waals surface area (Å²) in [6.45, 7) is 7.09. The monoisotopic (exact) mass is 236 g/mol. The SMILES string of the molecule is CC(C)(C)CCNC(=O)c1ccnc(NN)c1. The molecule has 0 spiro atoms. The van der Waals surface area contributed by atoms with Crippen molar-refractivity contribution in [2.75, 3.05) is 12.0 Å². The molecule has 0 aromatic carbocycles. The average Bonchev–Trinajstić information content (AvgIpc) is 2.27. The molecule has 0 fully saturated rings. The lowest BCUT2D eigenvalue weighted by atomic mass is 9.92. The summed E-state index contributed by atoms with van der Waals surface area (Å²) in [6, 6.07) is 3.28. The molecule has 1 aromatic heterocycles. The number of nitrogens with two attached hydrogens (primary N) is 1. The summed E-state index contributed by atoms with van der Waals surface area (Å²) < 4.78 is 0. The van der Waals surface area contributed by atoms with Crippen LogP contribution in [-0.2, 0) is 0 Å². The highest BCUT2D eigenvalue weighted by Crippen LogP contribution is 2.17. The smallest absolute Gasteiger partial charge is 0.251 e. The van der Waals surface area contributed by atoms with Crippen LogP contribution in [0.4, 0.5) is 5.82 Å². The second kappa shape index (κ2) is 5.63. The Labute approximate surface area is 102 Å². The molecule has 17 heavy (non-hydrogen) atoms. The van der Waals surface area contributed by atoms with Crippen molar-refractivity contribution < 1.29 is 4.79 Å². The molecule has 1 rings (SSSR count). The molecule has 0 saturated carbocycles. The summed E-state index contributed by atoms with van der Waals surface area (Å²) in [5, 5.41) is 2.87. The highest BCUT2D eigenvalue weighted by Gasteiger charge is 2.11. The van der Waals surface area contributed by atoms with Crippen molar-refractivity contribution in [2.45, 2.75) is 27.2 Å². The average molecular weight is 236 g/mol. The molecular weight excluding hydrogens is 216 g/mol. The minimum absolute atomic E-state index is 0.104. The molecule has 0 aliphatic carbocycles. The van der Waals surface area contributed by atoms with Gasteiger partial charge in [0.2, 0.25) is 0 Å². The molecule has 94 valence electrons. The minimum atomic E-state index is -0.104. The van der Waals surface area contributed by atoms with E-state index in [9.17, 15) is 4.79 Å². The summed E-state index contributed by atoms with van der Waals surface area (Å²) in [6.07, 6.45) is 2.49. The maximum Gasteiger partial charge on any atom is 0.251 e. The standard InChI is InChI=1S/C12H20N4O/c1-12(2,3)5-7-15-11(17)9-4-6-14-10(8-9)16-13/h4,6,8H,5,7,13H2,1-3H3,(H,14,16)(H,15,17). The Morgan fingerprint density at radius 2 is 2.18 bits per heavy atom. The highest BCUT2D eigenvalue weighted by atomic mass is 16.1. The van der Waals surface area contributed by atoms with Gasteiger partial charge in [0.15, 0.2) is 0 Å². The van der Waals surface area contributed by atoms with Crippen LogP contribution in [0.2, 0.25) is 0 Å². The van der Waals surface area contributed by atoms with Gasteiger partial charge in [-0.15, -0.1) is 0 Å². The van der Waals surface area contributed by atoms with E-state index in [0.29, 0.717) is 17.9 Å². The van der Waals surface area contributed by atoms with Crippen LogP contribution >= 0.6 is 0 Å². The van der Waals surface area contributed by atoms with Crippen molar-refractivity contribution in [3.63, 3.8) is 0 Å². The maximum atomic E-state index is 11.8. The number of carbonyl (C=O) groups is 1. The second-order valence-corrected chi connectivity index (χ2v) is 5.14. The summed E-state index contributed by atoms with van der Waals surface area (Å²) in [5.74, 6) is 5.61. The zero-order chi connectivity index (χ0) is 12.9. The van der Waals surface area contributed by atoms with Crippen LogP contribution in [0.15, 0.2) is 18.3 Å². The lowest BCUT2D eigenvalue weighted by molar-refractivity contribution is 0.0949. The van der Waals surface area contributed by atoms with Crippen molar-refractivity contribution >= 4 is 11.7 Å². The molecule has 1 aromatic rings. The summed E-state index contributed by atoms with van der Waals surface area (Å²) >= 11 is 0. The molecule has 5 heteroatoms. The van der Waals surface area contributed by atoms with Gasteiger partial charge in [0.1, 0.15) is 5.82 Å². The quantitative estimate of drug-likeness (QED) is 0.547. The summed E-state index contributed by atoms with van der Waals surface area (Å²) in [5.41, 5.74) is 3.19. The Kier molecular flexibility index (Phi) is 4.45. The number of carbonyl (C=O) groups excluding carboxylic acids is 1. The molecule has 0 saturated heterocycles. The number of hydrogen-bond acceptors (Lipinski definition) is 4. The van der Waals surface area contributed by atoms with Crippen LogP contribution in [0.25, 0.3) is 0 Å². The summed E-state index contributed by atoms with van der Waals surface area (Å²) in [7, 11) is 0. The fourth-order valence-corrected chi connectivity index (χ4v) is 1.30. The number of nitrogen functional groups attached to an aromatic ring is 1. The molecule has 1 heterocycles. The third-order valence-corrected chi connectivity index (χ3v) is 2.33. The number of anilines is 1. The molecule has 0 aliphatic rings. The van der Waals surface area contributed by atoms with E-state index in [2.05, 4.69) is 36.5 Å². The highest BCUT2D eigenvalue weighted by molar-refractivity contribution is 5.94. The number of hydrogen-bond donors (Lipinski definition) is 3. The molecule has 4 N–H and O–H groups in total. The Hall–Kier alpha value is -1.62. The van der Waals surface area contributed by atoms with Gasteiger partial charge in [0.25, 0.3) is 5.91 Å². The second-order valence-electron chi connectivity index (χ2n) is 5.14. The number of hydrazine groups is 1. The van der Waals surface area contributed by atoms with E-state index in [-0.39, 0.29) is 11.3 Å². The van der Waals surface area contributed by atoms with Crippen LogP contribution in [0.3, 0.4) is 0 Å². The normalized spacial score (nSPS) is 11.1. The summed E-state index contributed by atoms with van der Waals surface area (Å²) in [4.78, 5) is 15.7. The third-order valence-electron chi connectivity index (χ3n) is 2.33. The zero-order valence-electron chi connectivity index (χ0n) is 10.6. The van der Waals surface area contributed by atoms with Crippen molar-refractivity contribution in [3.05, 3.63) is 23.9 Å². The molecule has 0 atom stereocenters. The van der Waals surface area contributed by atoms with E-state index in [1.165, 1.54) is 0 Å². The van der Waals surface area contributed by atoms with Gasteiger partial charge >= 0.3 is 0 Å². The van der Waals surface area contributed by atoms with E-state index in [0.717, 1.165) is 6.42 Å². The van der Waals surface area contributed by atoms with Crippen molar-refractivity contribution in [2.24, 2.45) is 11.3 Å². The van der Waals surface area contributed by atoms with E-state index < -0.39 is 0 Å². The number of aromatic nitrogens is 1. The van der Waals surface area contributed by atoms with Gasteiger partial charge in [-0.1, -0.05) is 20.8 Å². The van der Waals surface area contributed by atoms with Crippen LogP contribution in [0.1, 0.15) is 37.6 Å². The number of pyridine rings is 1. The van der Waals surface area contributed by atoms with E-state index in [1.807, 2.05) is 0 Å². The zero-order valence-corrected chi connectivity index (χ0v) is 10.6. The van der Waals surface area contributed by atoms with Crippen LogP contribution in [0.5, 0.6) is 0 Å². The van der Waals surface area contributed by atoms with Gasteiger partial charge in [-0.2, -0.15) is 0 Å². The Balaban J connectivity index is 2.52. The van der Waals surface area contributed by atoms with Crippen molar-refractivity contribution in [1.82, 2.24) is 10.3 Å². The molecular formula is C12H20N4O. The van der Waals surface area contributed by atoms with Gasteiger partial charge < -0.3 is 10.7 Å². The topological polar surface area (TPSA) is 80.0 Å². The lowest BCUT2D eigenvalue weighted by Gasteiger charge is -2.18. The largest absolute Gasteiger partial charge is 0.352 e. The van der Waals surface area contributed by atoms with Crippen molar-refractivity contribution in [3.8, 4) is 0 Å². The first-order valence-electron chi connectivity index (χ1n) is 5.63. The number of nitrogens with zero attached hydrogens (tertiary/aromatic N) is 1. The van der Waals surface area contributed by atoms with E-state index in [1.54, 1.807) is 18.3 Å². The number of amides is 1. The van der Waals surface area contributed by atoms with Crippen molar-refractivity contribution in [1.29, 1.82) is 0 Å². The van der Waals surface area contributed by atoms with Crippen LogP contribution < -0.4 is 16.6 Å². The molecule has 1 amide bonds. The minimum Gasteiger partial charge on any atom is -0.352 e. The maximum absolute atomic E-state index is 11.8. The molecule has 0 aliphatic heterocycles. The van der Waals surface area contributed by atoms with E-state index >= 15 is 0 Å². The number of nitrogens with one attached hydrogen (secondary N) is 2. The van der Waals surface area contributed by atoms with E-state index in [4.69, 9.17) is 5.84 Å². The van der Waals surface area contributed by atoms with Gasteiger partial charge in [-0.3, -0.25) is 4.79 Å². The predicted octanol–water partition coefficient (Wildman–Crippen LogP) is 1.53. The fourth-order valence-electron chi connectivity index (χ4n) is 1.30. The molecule has 0 bridgehead atoms. The first-order valence-corrected chi connectivity index (χ1v) is 5.63. The van der Waals surface area contributed by atoms with Gasteiger partial charge in [-0.05, 0) is 24.0 Å². The fraction of sp³-hybridized carbons (Fsp3) is 0.500. The first-order chi connectivity index (χ1) is 7.92. The Bertz CT molecular complexity index is 384. The van der Waals surface area contributed by atoms with Crippen LogP contribution in [0, 0.1) is 5.41 Å². The molecule has 5 nitrogen and oxygen atoms in total. The Morgan fingerprint density at radius 1 is 1.47 bits per heavy atom. The number of rotatable bonds is 4.